The number of carbonyl (C=O) groups excluding carboxylic acids is 1. The summed E-state index contributed by atoms with van der Waals surface area (Å²) in [4.78, 5) is 14.3. The van der Waals surface area contributed by atoms with Crippen LogP contribution in [0.5, 0.6) is 11.5 Å². The second-order valence-electron chi connectivity index (χ2n) is 7.00. The Bertz CT molecular complexity index is 932. The number of nitrogens with one attached hydrogen (secondary N) is 1. The molecule has 1 aliphatic rings. The molecule has 1 N–H and O–H groups in total. The van der Waals surface area contributed by atoms with Crippen LogP contribution in [0.3, 0.4) is 0 Å². The molecule has 0 atom stereocenters. The van der Waals surface area contributed by atoms with Gasteiger partial charge < -0.3 is 14.8 Å². The second-order valence-corrected chi connectivity index (χ2v) is 7.00. The van der Waals surface area contributed by atoms with Crippen LogP contribution >= 0.6 is 0 Å². The number of ether oxygens (including phenoxy) is 2. The van der Waals surface area contributed by atoms with Gasteiger partial charge in [-0.1, -0.05) is 0 Å². The SMILES string of the molecule is COc1ccc(C#N)cc1/C=C/C(=O)NCCCN1CC(Oc2ccc(F)cc2)C1. The van der Waals surface area contributed by atoms with Gasteiger partial charge in [0.1, 0.15) is 23.4 Å². The fraction of sp³-hybridized carbons (Fsp3) is 0.304. The number of likely N-dealkylation sites (tertiary alicyclic amines) is 1. The number of carbonyl (C=O) groups is 1. The van der Waals surface area contributed by atoms with Gasteiger partial charge in [0.15, 0.2) is 0 Å². The van der Waals surface area contributed by atoms with Gasteiger partial charge >= 0.3 is 0 Å². The van der Waals surface area contributed by atoms with Gasteiger partial charge in [0, 0.05) is 37.8 Å². The summed E-state index contributed by atoms with van der Waals surface area (Å²) in [6.07, 6.45) is 4.03. The predicted molar refractivity (Wildman–Crippen MR) is 112 cm³/mol. The summed E-state index contributed by atoms with van der Waals surface area (Å²) >= 11 is 0. The highest BCUT2D eigenvalue weighted by Crippen LogP contribution is 2.21. The first-order chi connectivity index (χ1) is 14.6. The maximum absolute atomic E-state index is 12.9. The highest BCUT2D eigenvalue weighted by Gasteiger charge is 2.27. The minimum Gasteiger partial charge on any atom is -0.496 e. The number of hydrogen-bond acceptors (Lipinski definition) is 5. The Labute approximate surface area is 175 Å². The van der Waals surface area contributed by atoms with E-state index in [9.17, 15) is 9.18 Å². The number of methoxy groups -OCH3 is 1. The number of hydrogen-bond donors (Lipinski definition) is 1. The molecule has 7 heteroatoms. The van der Waals surface area contributed by atoms with E-state index in [1.165, 1.54) is 18.2 Å². The van der Waals surface area contributed by atoms with E-state index in [-0.39, 0.29) is 17.8 Å². The Morgan fingerprint density at radius 1 is 1.30 bits per heavy atom. The first-order valence-electron chi connectivity index (χ1n) is 9.76. The van der Waals surface area contributed by atoms with Crippen LogP contribution in [0.2, 0.25) is 0 Å². The molecule has 0 saturated carbocycles. The zero-order valence-electron chi connectivity index (χ0n) is 16.8. The highest BCUT2D eigenvalue weighted by atomic mass is 19.1. The van der Waals surface area contributed by atoms with Gasteiger partial charge in [-0.25, -0.2) is 4.39 Å². The molecular formula is C23H24FN3O3. The van der Waals surface area contributed by atoms with Crippen molar-refractivity contribution in [1.29, 1.82) is 5.26 Å². The van der Waals surface area contributed by atoms with Crippen molar-refractivity contribution in [2.24, 2.45) is 0 Å². The lowest BCUT2D eigenvalue weighted by Crippen LogP contribution is -2.54. The zero-order valence-corrected chi connectivity index (χ0v) is 16.8. The van der Waals surface area contributed by atoms with Gasteiger partial charge in [0.05, 0.1) is 18.7 Å². The molecule has 2 aromatic rings. The van der Waals surface area contributed by atoms with E-state index in [0.29, 0.717) is 29.2 Å². The minimum atomic E-state index is -0.274. The van der Waals surface area contributed by atoms with E-state index >= 15 is 0 Å². The Balaban J connectivity index is 1.33. The topological polar surface area (TPSA) is 74.6 Å². The molecule has 2 aromatic carbocycles. The zero-order chi connectivity index (χ0) is 21.3. The van der Waals surface area contributed by atoms with E-state index < -0.39 is 0 Å². The molecule has 1 aliphatic heterocycles. The average Bonchev–Trinajstić information content (AvgIpc) is 2.74. The van der Waals surface area contributed by atoms with Crippen molar-refractivity contribution >= 4 is 12.0 Å². The normalized spacial score (nSPS) is 14.2. The molecule has 0 spiro atoms. The van der Waals surface area contributed by atoms with Crippen LogP contribution in [0.15, 0.2) is 48.5 Å². The predicted octanol–water partition coefficient (Wildman–Crippen LogP) is 2.99. The fourth-order valence-electron chi connectivity index (χ4n) is 3.16. The van der Waals surface area contributed by atoms with E-state index in [1.54, 1.807) is 43.5 Å². The Kier molecular flexibility index (Phi) is 7.41. The summed E-state index contributed by atoms with van der Waals surface area (Å²) < 4.78 is 23.9. The van der Waals surface area contributed by atoms with Crippen molar-refractivity contribution in [3.05, 3.63) is 65.5 Å². The lowest BCUT2D eigenvalue weighted by molar-refractivity contribution is -0.116. The molecule has 1 saturated heterocycles. The Hall–Kier alpha value is -3.37. The summed E-state index contributed by atoms with van der Waals surface area (Å²) in [6.45, 7) is 3.07. The van der Waals surface area contributed by atoms with Crippen LogP contribution < -0.4 is 14.8 Å². The maximum Gasteiger partial charge on any atom is 0.244 e. The summed E-state index contributed by atoms with van der Waals surface area (Å²) in [6, 6.07) is 13.2. The number of nitrogens with zero attached hydrogens (tertiary/aromatic N) is 2. The van der Waals surface area contributed by atoms with Gasteiger partial charge in [-0.2, -0.15) is 5.26 Å². The first-order valence-corrected chi connectivity index (χ1v) is 9.76. The van der Waals surface area contributed by atoms with Crippen molar-refractivity contribution in [2.75, 3.05) is 33.3 Å². The van der Waals surface area contributed by atoms with E-state index in [4.69, 9.17) is 14.7 Å². The van der Waals surface area contributed by atoms with E-state index in [0.717, 1.165) is 26.1 Å². The van der Waals surface area contributed by atoms with Crippen LogP contribution in [-0.4, -0.2) is 50.2 Å². The summed E-state index contributed by atoms with van der Waals surface area (Å²) in [5.74, 6) is 0.815. The number of rotatable bonds is 9. The molecular weight excluding hydrogens is 385 g/mol. The van der Waals surface area contributed by atoms with Crippen LogP contribution in [-0.2, 0) is 4.79 Å². The molecule has 0 aliphatic carbocycles. The number of halogens is 1. The molecule has 0 bridgehead atoms. The molecule has 1 fully saturated rings. The van der Waals surface area contributed by atoms with Crippen LogP contribution in [0.1, 0.15) is 17.5 Å². The Morgan fingerprint density at radius 3 is 2.77 bits per heavy atom. The monoisotopic (exact) mass is 409 g/mol. The Morgan fingerprint density at radius 2 is 2.07 bits per heavy atom. The van der Waals surface area contributed by atoms with Gasteiger partial charge in [-0.15, -0.1) is 0 Å². The lowest BCUT2D eigenvalue weighted by atomic mass is 10.1. The largest absolute Gasteiger partial charge is 0.496 e. The van der Waals surface area contributed by atoms with Gasteiger partial charge in [-0.3, -0.25) is 9.69 Å². The molecule has 0 radical (unpaired) electrons. The molecule has 3 rings (SSSR count). The summed E-state index contributed by atoms with van der Waals surface area (Å²) in [7, 11) is 1.55. The van der Waals surface area contributed by atoms with E-state index in [2.05, 4.69) is 16.3 Å². The van der Waals surface area contributed by atoms with Gasteiger partial charge in [-0.05, 0) is 55.0 Å². The third-order valence-electron chi connectivity index (χ3n) is 4.76. The molecule has 156 valence electrons. The smallest absolute Gasteiger partial charge is 0.244 e. The van der Waals surface area contributed by atoms with Crippen molar-refractivity contribution in [3.63, 3.8) is 0 Å². The average molecular weight is 409 g/mol. The standard InChI is InChI=1S/C23H24FN3O3/c1-29-22-9-3-17(14-25)13-18(22)4-10-23(28)26-11-2-12-27-15-21(16-27)30-20-7-5-19(24)6-8-20/h3-10,13,21H,2,11-12,15-16H2,1H3,(H,26,28)/b10-4+. The van der Waals surface area contributed by atoms with Gasteiger partial charge in [0.2, 0.25) is 5.91 Å². The van der Waals surface area contributed by atoms with Crippen LogP contribution in [0.4, 0.5) is 4.39 Å². The summed E-state index contributed by atoms with van der Waals surface area (Å²) in [5.41, 5.74) is 1.19. The number of nitriles is 1. The van der Waals surface area contributed by atoms with Crippen molar-refractivity contribution in [3.8, 4) is 17.6 Å². The quantitative estimate of drug-likeness (QED) is 0.509. The van der Waals surface area contributed by atoms with Crippen LogP contribution in [0.25, 0.3) is 6.08 Å². The molecule has 1 heterocycles. The van der Waals surface area contributed by atoms with Crippen molar-refractivity contribution in [1.82, 2.24) is 10.2 Å². The third-order valence-corrected chi connectivity index (χ3v) is 4.76. The maximum atomic E-state index is 12.9. The van der Waals surface area contributed by atoms with Crippen LogP contribution in [0, 0.1) is 17.1 Å². The van der Waals surface area contributed by atoms with Gasteiger partial charge in [0.25, 0.3) is 0 Å². The third kappa shape index (κ3) is 6.06. The van der Waals surface area contributed by atoms with E-state index in [1.807, 2.05) is 0 Å². The summed E-state index contributed by atoms with van der Waals surface area (Å²) in [5, 5.41) is 11.9. The molecule has 1 amide bonds. The second kappa shape index (κ2) is 10.4. The highest BCUT2D eigenvalue weighted by molar-refractivity contribution is 5.92. The van der Waals surface area contributed by atoms with Crippen molar-refractivity contribution < 1.29 is 18.7 Å². The fourth-order valence-corrected chi connectivity index (χ4v) is 3.16. The molecule has 30 heavy (non-hydrogen) atoms. The minimum absolute atomic E-state index is 0.118. The molecule has 0 unspecified atom stereocenters. The molecule has 6 nitrogen and oxygen atoms in total. The van der Waals surface area contributed by atoms with Crippen molar-refractivity contribution in [2.45, 2.75) is 12.5 Å². The first kappa shape index (κ1) is 21.3. The molecule has 0 aromatic heterocycles. The number of benzene rings is 2. The lowest BCUT2D eigenvalue weighted by Gasteiger charge is -2.39. The number of amides is 1.